The largest absolute Gasteiger partial charge is 0.484 e. The number of non-ortho nitro benzene ring substituents is 1. The average molecular weight is 439 g/mol. The van der Waals surface area contributed by atoms with E-state index in [1.807, 2.05) is 0 Å². The summed E-state index contributed by atoms with van der Waals surface area (Å²) in [7, 11) is 0. The summed E-state index contributed by atoms with van der Waals surface area (Å²) >= 11 is 0. The topological polar surface area (TPSA) is 111 Å². The van der Waals surface area contributed by atoms with E-state index in [0.717, 1.165) is 11.0 Å². The summed E-state index contributed by atoms with van der Waals surface area (Å²) < 4.78 is 46.3. The zero-order chi connectivity index (χ0) is 22.6. The quantitative estimate of drug-likeness (QED) is 0.525. The highest BCUT2D eigenvalue weighted by Gasteiger charge is 2.29. The van der Waals surface area contributed by atoms with Crippen LogP contribution in [0.1, 0.15) is 5.56 Å². The first kappa shape index (κ1) is 21.9. The van der Waals surface area contributed by atoms with Crippen molar-refractivity contribution >= 4 is 23.2 Å². The predicted octanol–water partition coefficient (Wildman–Crippen LogP) is 2.58. The van der Waals surface area contributed by atoms with E-state index in [4.69, 9.17) is 4.74 Å². The minimum absolute atomic E-state index is 0.0320. The fraction of sp³-hybridized carbons (Fsp3) is 0.263. The van der Waals surface area contributed by atoms with Crippen molar-refractivity contribution < 1.29 is 37.2 Å². The van der Waals surface area contributed by atoms with Gasteiger partial charge in [-0.1, -0.05) is 12.1 Å². The van der Waals surface area contributed by atoms with Crippen LogP contribution in [0.3, 0.4) is 0 Å². The van der Waals surface area contributed by atoms with Crippen LogP contribution in [0.4, 0.5) is 24.5 Å². The lowest BCUT2D eigenvalue weighted by Crippen LogP contribution is -2.45. The third-order valence-corrected chi connectivity index (χ3v) is 4.21. The number of rotatable bonds is 7. The third-order valence-electron chi connectivity index (χ3n) is 4.21. The summed E-state index contributed by atoms with van der Waals surface area (Å²) in [5.41, 5.74) is 0.458. The molecule has 0 spiro atoms. The highest BCUT2D eigenvalue weighted by molar-refractivity contribution is 6.02. The smallest absolute Gasteiger partial charge is 0.422 e. The number of nitrogens with zero attached hydrogens (tertiary/aromatic N) is 2. The lowest BCUT2D eigenvalue weighted by atomic mass is 10.2. The number of nitro benzene ring substituents is 1. The summed E-state index contributed by atoms with van der Waals surface area (Å²) in [6, 6.07) is 9.40. The molecule has 0 saturated carbocycles. The SMILES string of the molecule is O=C(CN1C(=O)COc2ccc([N+](=O)[O-])cc21)NCc1ccc(OCC(F)(F)F)cc1. The lowest BCUT2D eigenvalue weighted by Gasteiger charge is -2.28. The second-order valence-corrected chi connectivity index (χ2v) is 6.50. The van der Waals surface area contributed by atoms with Crippen LogP contribution in [0.5, 0.6) is 11.5 Å². The van der Waals surface area contributed by atoms with E-state index in [2.05, 4.69) is 10.1 Å². The van der Waals surface area contributed by atoms with Crippen molar-refractivity contribution in [1.82, 2.24) is 5.32 Å². The molecule has 1 aliphatic heterocycles. The zero-order valence-electron chi connectivity index (χ0n) is 15.8. The molecule has 9 nitrogen and oxygen atoms in total. The van der Waals surface area contributed by atoms with Crippen molar-refractivity contribution in [2.75, 3.05) is 24.7 Å². The van der Waals surface area contributed by atoms with Crippen molar-refractivity contribution in [3.8, 4) is 11.5 Å². The number of carbonyl (C=O) groups is 2. The Kier molecular flexibility index (Phi) is 6.28. The number of hydrogen-bond donors (Lipinski definition) is 1. The van der Waals surface area contributed by atoms with Gasteiger partial charge in [-0.15, -0.1) is 0 Å². The van der Waals surface area contributed by atoms with Crippen molar-refractivity contribution in [3.63, 3.8) is 0 Å². The van der Waals surface area contributed by atoms with Gasteiger partial charge in [0.15, 0.2) is 13.2 Å². The van der Waals surface area contributed by atoms with Crippen LogP contribution in [0, 0.1) is 10.1 Å². The summed E-state index contributed by atoms with van der Waals surface area (Å²) in [6.45, 7) is -2.05. The van der Waals surface area contributed by atoms with Gasteiger partial charge in [-0.3, -0.25) is 24.6 Å². The fourth-order valence-corrected chi connectivity index (χ4v) is 2.75. The van der Waals surface area contributed by atoms with Gasteiger partial charge >= 0.3 is 6.18 Å². The molecule has 0 aliphatic carbocycles. The van der Waals surface area contributed by atoms with Crippen LogP contribution in [0.2, 0.25) is 0 Å². The van der Waals surface area contributed by atoms with Crippen molar-refractivity contribution in [1.29, 1.82) is 0 Å². The molecular weight excluding hydrogens is 423 g/mol. The Morgan fingerprint density at radius 1 is 1.23 bits per heavy atom. The fourth-order valence-electron chi connectivity index (χ4n) is 2.75. The highest BCUT2D eigenvalue weighted by atomic mass is 19.4. The standard InChI is InChI=1S/C19H16F3N3O6/c20-19(21,22)11-31-14-4-1-12(2-5-14)8-23-17(26)9-24-15-7-13(25(28)29)3-6-16(15)30-10-18(24)27/h1-7H,8-11H2,(H,23,26). The molecule has 31 heavy (non-hydrogen) atoms. The number of fused-ring (bicyclic) bond motifs is 1. The number of hydrogen-bond acceptors (Lipinski definition) is 6. The number of ether oxygens (including phenoxy) is 2. The van der Waals surface area contributed by atoms with E-state index in [9.17, 15) is 32.9 Å². The predicted molar refractivity (Wildman–Crippen MR) is 101 cm³/mol. The maximum atomic E-state index is 12.3. The molecule has 0 bridgehead atoms. The van der Waals surface area contributed by atoms with E-state index >= 15 is 0 Å². The molecule has 2 amide bonds. The number of nitro groups is 1. The first-order chi connectivity index (χ1) is 14.6. The Labute approximate surface area is 173 Å². The summed E-state index contributed by atoms with van der Waals surface area (Å²) in [5.74, 6) is -0.795. The number of amides is 2. The Bertz CT molecular complexity index is 994. The Balaban J connectivity index is 1.59. The van der Waals surface area contributed by atoms with Gasteiger partial charge in [-0.25, -0.2) is 0 Å². The number of alkyl halides is 3. The number of carbonyl (C=O) groups excluding carboxylic acids is 2. The molecule has 2 aromatic rings. The molecule has 1 N–H and O–H groups in total. The van der Waals surface area contributed by atoms with E-state index < -0.39 is 29.5 Å². The Hall–Kier alpha value is -3.83. The normalized spacial score (nSPS) is 13.3. The van der Waals surface area contributed by atoms with Crippen molar-refractivity contribution in [2.45, 2.75) is 12.7 Å². The van der Waals surface area contributed by atoms with Gasteiger partial charge < -0.3 is 14.8 Å². The van der Waals surface area contributed by atoms with Gasteiger partial charge in [0.05, 0.1) is 10.6 Å². The van der Waals surface area contributed by atoms with Crippen molar-refractivity contribution in [3.05, 3.63) is 58.1 Å². The summed E-state index contributed by atoms with van der Waals surface area (Å²) in [5, 5.41) is 13.6. The molecule has 2 aromatic carbocycles. The van der Waals surface area contributed by atoms with Crippen LogP contribution in [0.15, 0.2) is 42.5 Å². The van der Waals surface area contributed by atoms with Crippen LogP contribution in [0.25, 0.3) is 0 Å². The maximum Gasteiger partial charge on any atom is 0.422 e. The van der Waals surface area contributed by atoms with Crippen LogP contribution < -0.4 is 19.7 Å². The minimum atomic E-state index is -4.44. The molecule has 0 fully saturated rings. The second-order valence-electron chi connectivity index (χ2n) is 6.50. The molecule has 0 atom stereocenters. The van der Waals surface area contributed by atoms with E-state index in [0.29, 0.717) is 5.56 Å². The molecule has 0 radical (unpaired) electrons. The molecule has 1 aliphatic rings. The monoisotopic (exact) mass is 439 g/mol. The number of halogens is 3. The van der Waals surface area contributed by atoms with E-state index in [1.165, 1.54) is 36.4 Å². The maximum absolute atomic E-state index is 12.3. The Morgan fingerprint density at radius 3 is 2.58 bits per heavy atom. The first-order valence-electron chi connectivity index (χ1n) is 8.89. The van der Waals surface area contributed by atoms with E-state index in [-0.39, 0.29) is 42.6 Å². The molecule has 0 unspecified atom stereocenters. The second kappa shape index (κ2) is 8.90. The molecule has 0 aromatic heterocycles. The van der Waals surface area contributed by atoms with Gasteiger partial charge in [-0.05, 0) is 23.8 Å². The number of nitrogens with one attached hydrogen (secondary N) is 1. The van der Waals surface area contributed by atoms with Gasteiger partial charge in [0, 0.05) is 18.7 Å². The first-order valence-corrected chi connectivity index (χ1v) is 8.89. The number of anilines is 1. The summed E-state index contributed by atoms with van der Waals surface area (Å²) in [4.78, 5) is 35.9. The molecule has 12 heteroatoms. The van der Waals surface area contributed by atoms with Crippen LogP contribution >= 0.6 is 0 Å². The zero-order valence-corrected chi connectivity index (χ0v) is 15.8. The Morgan fingerprint density at radius 2 is 1.94 bits per heavy atom. The van der Waals surface area contributed by atoms with Gasteiger partial charge in [-0.2, -0.15) is 13.2 Å². The highest BCUT2D eigenvalue weighted by Crippen LogP contribution is 2.35. The lowest BCUT2D eigenvalue weighted by molar-refractivity contribution is -0.384. The third kappa shape index (κ3) is 5.84. The molecule has 0 saturated heterocycles. The van der Waals surface area contributed by atoms with Gasteiger partial charge in [0.1, 0.15) is 18.0 Å². The summed E-state index contributed by atoms with van der Waals surface area (Å²) in [6.07, 6.45) is -4.44. The van der Waals surface area contributed by atoms with Gasteiger partial charge in [0.25, 0.3) is 11.6 Å². The minimum Gasteiger partial charge on any atom is -0.484 e. The molecule has 164 valence electrons. The van der Waals surface area contributed by atoms with Gasteiger partial charge in [0.2, 0.25) is 5.91 Å². The molecular formula is C19H16F3N3O6. The van der Waals surface area contributed by atoms with Crippen LogP contribution in [-0.4, -0.2) is 42.7 Å². The van der Waals surface area contributed by atoms with Crippen LogP contribution in [-0.2, 0) is 16.1 Å². The van der Waals surface area contributed by atoms with Crippen molar-refractivity contribution in [2.24, 2.45) is 0 Å². The molecule has 1 heterocycles. The number of benzene rings is 2. The molecule has 3 rings (SSSR count). The van der Waals surface area contributed by atoms with E-state index in [1.54, 1.807) is 0 Å². The average Bonchev–Trinajstić information content (AvgIpc) is 2.72.